The van der Waals surface area contributed by atoms with Gasteiger partial charge in [0, 0.05) is 16.1 Å². The van der Waals surface area contributed by atoms with Crippen LogP contribution >= 0.6 is 46.4 Å². The molecule has 0 aromatic heterocycles. The number of benzene rings is 2. The Morgan fingerprint density at radius 1 is 0.889 bits per heavy atom. The second-order valence-corrected chi connectivity index (χ2v) is 5.20. The van der Waals surface area contributed by atoms with Crippen LogP contribution in [0.5, 0.6) is 0 Å². The fourth-order valence-corrected chi connectivity index (χ4v) is 2.57. The van der Waals surface area contributed by atoms with Gasteiger partial charge in [0.15, 0.2) is 6.29 Å². The average molecular weight is 320 g/mol. The summed E-state index contributed by atoms with van der Waals surface area (Å²) in [6.45, 7) is 0. The van der Waals surface area contributed by atoms with Crippen molar-refractivity contribution >= 4 is 52.7 Å². The molecule has 0 saturated carbocycles. The van der Waals surface area contributed by atoms with Crippen molar-refractivity contribution in [2.75, 3.05) is 0 Å². The highest BCUT2D eigenvalue weighted by Crippen LogP contribution is 2.38. The monoisotopic (exact) mass is 318 g/mol. The smallest absolute Gasteiger partial charge is 0.152 e. The van der Waals surface area contributed by atoms with Crippen LogP contribution in [-0.4, -0.2) is 6.29 Å². The Morgan fingerprint density at radius 3 is 2.28 bits per heavy atom. The van der Waals surface area contributed by atoms with Crippen LogP contribution in [0.25, 0.3) is 11.1 Å². The number of rotatable bonds is 2. The SMILES string of the molecule is O=Cc1c(Cl)cccc1-c1cc(Cl)cc(Cl)c1Cl. The summed E-state index contributed by atoms with van der Waals surface area (Å²) >= 11 is 24.0. The fourth-order valence-electron chi connectivity index (χ4n) is 1.64. The van der Waals surface area contributed by atoms with E-state index in [1.54, 1.807) is 30.3 Å². The summed E-state index contributed by atoms with van der Waals surface area (Å²) in [7, 11) is 0. The lowest BCUT2D eigenvalue weighted by Gasteiger charge is -2.10. The van der Waals surface area contributed by atoms with Gasteiger partial charge in [-0.25, -0.2) is 0 Å². The summed E-state index contributed by atoms with van der Waals surface area (Å²) in [6.07, 6.45) is 0.683. The van der Waals surface area contributed by atoms with E-state index in [0.29, 0.717) is 43.1 Å². The predicted molar refractivity (Wildman–Crippen MR) is 77.3 cm³/mol. The molecule has 5 heteroatoms. The van der Waals surface area contributed by atoms with Crippen molar-refractivity contribution in [3.05, 3.63) is 56.0 Å². The minimum atomic E-state index is 0.330. The lowest BCUT2D eigenvalue weighted by atomic mass is 10.0. The Bertz CT molecular complexity index is 623. The van der Waals surface area contributed by atoms with Gasteiger partial charge in [-0.3, -0.25) is 4.79 Å². The maximum absolute atomic E-state index is 11.1. The summed E-state index contributed by atoms with van der Waals surface area (Å²) in [5.74, 6) is 0. The third-order valence-corrected chi connectivity index (χ3v) is 3.80. The zero-order chi connectivity index (χ0) is 13.3. The zero-order valence-corrected chi connectivity index (χ0v) is 11.9. The third kappa shape index (κ3) is 2.50. The largest absolute Gasteiger partial charge is 0.298 e. The van der Waals surface area contributed by atoms with Crippen molar-refractivity contribution in [3.63, 3.8) is 0 Å². The molecule has 92 valence electrons. The molecular formula is C13H6Cl4O. The number of halogens is 4. The molecule has 18 heavy (non-hydrogen) atoms. The second-order valence-electron chi connectivity index (χ2n) is 3.57. The van der Waals surface area contributed by atoms with Crippen LogP contribution in [0.3, 0.4) is 0 Å². The van der Waals surface area contributed by atoms with Crippen molar-refractivity contribution < 1.29 is 4.79 Å². The van der Waals surface area contributed by atoms with Gasteiger partial charge in [-0.1, -0.05) is 58.5 Å². The number of carbonyl (C=O) groups is 1. The molecule has 0 aliphatic carbocycles. The highest BCUT2D eigenvalue weighted by atomic mass is 35.5. The third-order valence-electron chi connectivity index (χ3n) is 2.45. The van der Waals surface area contributed by atoms with Gasteiger partial charge in [0.2, 0.25) is 0 Å². The van der Waals surface area contributed by atoms with Crippen LogP contribution in [0.2, 0.25) is 20.1 Å². The molecule has 0 saturated heterocycles. The summed E-state index contributed by atoms with van der Waals surface area (Å²) in [4.78, 5) is 11.1. The molecule has 0 aliphatic rings. The summed E-state index contributed by atoms with van der Waals surface area (Å²) in [5, 5.41) is 1.47. The molecule has 0 unspecified atom stereocenters. The summed E-state index contributed by atoms with van der Waals surface area (Å²) in [5.41, 5.74) is 1.55. The van der Waals surface area contributed by atoms with Crippen molar-refractivity contribution in [3.8, 4) is 11.1 Å². The van der Waals surface area contributed by atoms with Crippen LogP contribution < -0.4 is 0 Å². The summed E-state index contributed by atoms with van der Waals surface area (Å²) in [6, 6.07) is 8.29. The first-order valence-electron chi connectivity index (χ1n) is 4.93. The van der Waals surface area contributed by atoms with Crippen LogP contribution in [0.15, 0.2) is 30.3 Å². The molecule has 2 rings (SSSR count). The van der Waals surface area contributed by atoms with E-state index in [1.807, 2.05) is 0 Å². The van der Waals surface area contributed by atoms with Crippen molar-refractivity contribution in [1.82, 2.24) is 0 Å². The van der Waals surface area contributed by atoms with Gasteiger partial charge in [0.1, 0.15) is 0 Å². The van der Waals surface area contributed by atoms with Gasteiger partial charge in [0.25, 0.3) is 0 Å². The standard InChI is InChI=1S/C13H6Cl4O/c14-7-4-9(13(17)12(16)5-7)8-2-1-3-11(15)10(8)6-18/h1-6H. The van der Waals surface area contributed by atoms with Gasteiger partial charge in [-0.15, -0.1) is 0 Å². The number of aldehydes is 1. The van der Waals surface area contributed by atoms with Crippen LogP contribution in [0.4, 0.5) is 0 Å². The highest BCUT2D eigenvalue weighted by Gasteiger charge is 2.14. The van der Waals surface area contributed by atoms with Crippen molar-refractivity contribution in [2.45, 2.75) is 0 Å². The molecule has 0 spiro atoms. The van der Waals surface area contributed by atoms with E-state index in [9.17, 15) is 4.79 Å². The zero-order valence-electron chi connectivity index (χ0n) is 8.88. The van der Waals surface area contributed by atoms with Crippen molar-refractivity contribution in [2.24, 2.45) is 0 Å². The first-order valence-corrected chi connectivity index (χ1v) is 6.44. The van der Waals surface area contributed by atoms with Crippen LogP contribution in [0.1, 0.15) is 10.4 Å². The first kappa shape index (κ1) is 13.7. The van der Waals surface area contributed by atoms with Gasteiger partial charge in [-0.05, 0) is 23.8 Å². The van der Waals surface area contributed by atoms with Gasteiger partial charge in [0.05, 0.1) is 15.1 Å². The Balaban J connectivity index is 2.77. The lowest BCUT2D eigenvalue weighted by Crippen LogP contribution is -1.90. The quantitative estimate of drug-likeness (QED) is 0.506. The highest BCUT2D eigenvalue weighted by molar-refractivity contribution is 6.45. The molecule has 2 aromatic carbocycles. The van der Waals surface area contributed by atoms with E-state index in [0.717, 1.165) is 0 Å². The van der Waals surface area contributed by atoms with E-state index < -0.39 is 0 Å². The van der Waals surface area contributed by atoms with E-state index in [4.69, 9.17) is 46.4 Å². The summed E-state index contributed by atoms with van der Waals surface area (Å²) < 4.78 is 0. The number of hydrogen-bond donors (Lipinski definition) is 0. The van der Waals surface area contributed by atoms with Gasteiger partial charge >= 0.3 is 0 Å². The van der Waals surface area contributed by atoms with E-state index in [2.05, 4.69) is 0 Å². The Hall–Kier alpha value is -0.730. The van der Waals surface area contributed by atoms with Crippen LogP contribution in [-0.2, 0) is 0 Å². The molecule has 0 bridgehead atoms. The van der Waals surface area contributed by atoms with Crippen molar-refractivity contribution in [1.29, 1.82) is 0 Å². The number of carbonyl (C=O) groups excluding carboxylic acids is 1. The van der Waals surface area contributed by atoms with Gasteiger partial charge < -0.3 is 0 Å². The molecule has 0 fully saturated rings. The molecule has 1 nitrogen and oxygen atoms in total. The molecule has 0 radical (unpaired) electrons. The first-order chi connectivity index (χ1) is 8.54. The average Bonchev–Trinajstić information content (AvgIpc) is 2.33. The normalized spacial score (nSPS) is 10.4. The Kier molecular flexibility index (Phi) is 4.18. The fraction of sp³-hybridized carbons (Fsp3) is 0. The predicted octanol–water partition coefficient (Wildman–Crippen LogP) is 5.78. The minimum Gasteiger partial charge on any atom is -0.298 e. The van der Waals surface area contributed by atoms with E-state index >= 15 is 0 Å². The molecule has 0 atom stereocenters. The Morgan fingerprint density at radius 2 is 1.61 bits per heavy atom. The van der Waals surface area contributed by atoms with E-state index in [1.165, 1.54) is 0 Å². The topological polar surface area (TPSA) is 17.1 Å². The van der Waals surface area contributed by atoms with Gasteiger partial charge in [-0.2, -0.15) is 0 Å². The minimum absolute atomic E-state index is 0.330. The molecule has 0 amide bonds. The molecule has 0 heterocycles. The maximum Gasteiger partial charge on any atom is 0.152 e. The molecular weight excluding hydrogens is 314 g/mol. The Labute approximate surface area is 124 Å². The van der Waals surface area contributed by atoms with Crippen LogP contribution in [0, 0.1) is 0 Å². The molecule has 0 N–H and O–H groups in total. The lowest BCUT2D eigenvalue weighted by molar-refractivity contribution is 0.112. The van der Waals surface area contributed by atoms with E-state index in [-0.39, 0.29) is 0 Å². The number of hydrogen-bond acceptors (Lipinski definition) is 1. The maximum atomic E-state index is 11.1. The second kappa shape index (κ2) is 5.50. The molecule has 2 aromatic rings. The molecule has 0 aliphatic heterocycles.